The van der Waals surface area contributed by atoms with Gasteiger partial charge >= 0.3 is 0 Å². The minimum atomic E-state index is 0.438. The number of nitrogens with one attached hydrogen (secondary N) is 2. The van der Waals surface area contributed by atoms with E-state index >= 15 is 0 Å². The number of anilines is 3. The second-order valence-electron chi connectivity index (χ2n) is 3.48. The van der Waals surface area contributed by atoms with E-state index in [1.54, 1.807) is 6.07 Å². The SMILES string of the molecule is C#CCNc1cc(Nc2cccc(Br)c2)ncn1. The Balaban J connectivity index is 2.12. The van der Waals surface area contributed by atoms with E-state index < -0.39 is 0 Å². The normalized spacial score (nSPS) is 9.56. The number of halogens is 1. The van der Waals surface area contributed by atoms with Gasteiger partial charge in [-0.3, -0.25) is 0 Å². The van der Waals surface area contributed by atoms with Crippen molar-refractivity contribution in [1.82, 2.24) is 9.97 Å². The van der Waals surface area contributed by atoms with Gasteiger partial charge < -0.3 is 10.6 Å². The van der Waals surface area contributed by atoms with Crippen molar-refractivity contribution in [1.29, 1.82) is 0 Å². The summed E-state index contributed by atoms with van der Waals surface area (Å²) < 4.78 is 1.01. The average molecular weight is 303 g/mol. The van der Waals surface area contributed by atoms with Gasteiger partial charge in [0.2, 0.25) is 0 Å². The van der Waals surface area contributed by atoms with Gasteiger partial charge in [0.05, 0.1) is 6.54 Å². The number of rotatable bonds is 4. The molecular formula is C13H11BrN4. The van der Waals surface area contributed by atoms with E-state index in [1.165, 1.54) is 6.33 Å². The van der Waals surface area contributed by atoms with E-state index in [1.807, 2.05) is 24.3 Å². The molecule has 0 saturated carbocycles. The average Bonchev–Trinajstić information content (AvgIpc) is 2.37. The highest BCUT2D eigenvalue weighted by Gasteiger charge is 1.99. The number of nitrogens with zero attached hydrogens (tertiary/aromatic N) is 2. The van der Waals surface area contributed by atoms with Crippen LogP contribution in [0.25, 0.3) is 0 Å². The third kappa shape index (κ3) is 3.47. The fourth-order valence-corrected chi connectivity index (χ4v) is 1.78. The van der Waals surface area contributed by atoms with Gasteiger partial charge in [0, 0.05) is 16.2 Å². The van der Waals surface area contributed by atoms with Gasteiger partial charge in [-0.15, -0.1) is 6.42 Å². The molecule has 0 unspecified atom stereocenters. The molecule has 2 aromatic rings. The highest BCUT2D eigenvalue weighted by atomic mass is 79.9. The molecule has 2 rings (SSSR count). The molecule has 0 aliphatic carbocycles. The first-order chi connectivity index (χ1) is 8.78. The lowest BCUT2D eigenvalue weighted by Gasteiger charge is -2.07. The van der Waals surface area contributed by atoms with E-state index in [-0.39, 0.29) is 0 Å². The molecule has 0 atom stereocenters. The quantitative estimate of drug-likeness (QED) is 0.853. The molecule has 0 saturated heterocycles. The Hall–Kier alpha value is -2.06. The van der Waals surface area contributed by atoms with E-state index in [2.05, 4.69) is 42.5 Å². The predicted octanol–water partition coefficient (Wildman–Crippen LogP) is 3.03. The van der Waals surface area contributed by atoms with Crippen LogP contribution in [-0.2, 0) is 0 Å². The van der Waals surface area contributed by atoms with E-state index in [0.717, 1.165) is 10.2 Å². The molecule has 0 amide bonds. The first-order valence-electron chi connectivity index (χ1n) is 5.30. The summed E-state index contributed by atoms with van der Waals surface area (Å²) in [5.74, 6) is 3.90. The van der Waals surface area contributed by atoms with Crippen LogP contribution in [0.5, 0.6) is 0 Å². The molecule has 4 nitrogen and oxygen atoms in total. The highest BCUT2D eigenvalue weighted by molar-refractivity contribution is 9.10. The lowest BCUT2D eigenvalue weighted by Crippen LogP contribution is -2.02. The molecule has 0 spiro atoms. The summed E-state index contributed by atoms with van der Waals surface area (Å²) in [6, 6.07) is 9.65. The molecule has 18 heavy (non-hydrogen) atoms. The first-order valence-corrected chi connectivity index (χ1v) is 6.09. The smallest absolute Gasteiger partial charge is 0.135 e. The summed E-state index contributed by atoms with van der Waals surface area (Å²) in [6.45, 7) is 0.438. The largest absolute Gasteiger partial charge is 0.359 e. The second-order valence-corrected chi connectivity index (χ2v) is 4.40. The zero-order valence-electron chi connectivity index (χ0n) is 9.52. The fourth-order valence-electron chi connectivity index (χ4n) is 1.38. The van der Waals surface area contributed by atoms with Crippen LogP contribution < -0.4 is 10.6 Å². The monoisotopic (exact) mass is 302 g/mol. The molecule has 1 heterocycles. The molecule has 0 fully saturated rings. The van der Waals surface area contributed by atoms with Crippen molar-refractivity contribution in [2.45, 2.75) is 0 Å². The Kier molecular flexibility index (Phi) is 4.15. The molecule has 0 aliphatic heterocycles. The molecule has 90 valence electrons. The maximum absolute atomic E-state index is 5.18. The van der Waals surface area contributed by atoms with Gasteiger partial charge in [-0.25, -0.2) is 9.97 Å². The number of aromatic nitrogens is 2. The zero-order chi connectivity index (χ0) is 12.8. The van der Waals surface area contributed by atoms with Crippen LogP contribution in [0, 0.1) is 12.3 Å². The molecule has 0 aliphatic rings. The Bertz CT molecular complexity index is 577. The molecule has 0 radical (unpaired) electrons. The van der Waals surface area contributed by atoms with Crippen molar-refractivity contribution in [3.05, 3.63) is 41.1 Å². The Labute approximate surface area is 114 Å². The molecule has 2 N–H and O–H groups in total. The summed E-state index contributed by atoms with van der Waals surface area (Å²) in [7, 11) is 0. The molecular weight excluding hydrogens is 292 g/mol. The number of hydrogen-bond donors (Lipinski definition) is 2. The zero-order valence-corrected chi connectivity index (χ0v) is 11.1. The summed E-state index contributed by atoms with van der Waals surface area (Å²) in [6.07, 6.45) is 6.66. The number of benzene rings is 1. The topological polar surface area (TPSA) is 49.8 Å². The maximum atomic E-state index is 5.18. The van der Waals surface area contributed by atoms with E-state index in [4.69, 9.17) is 6.42 Å². The minimum absolute atomic E-state index is 0.438. The molecule has 1 aromatic carbocycles. The van der Waals surface area contributed by atoms with Crippen molar-refractivity contribution < 1.29 is 0 Å². The third-order valence-corrected chi connectivity index (χ3v) is 2.63. The van der Waals surface area contributed by atoms with Crippen molar-refractivity contribution in [3.8, 4) is 12.3 Å². The van der Waals surface area contributed by atoms with Gasteiger partial charge in [0.15, 0.2) is 0 Å². The first kappa shape index (κ1) is 12.4. The van der Waals surface area contributed by atoms with Crippen LogP contribution in [0.3, 0.4) is 0 Å². The van der Waals surface area contributed by atoms with Crippen molar-refractivity contribution in [2.75, 3.05) is 17.2 Å². The van der Waals surface area contributed by atoms with Crippen LogP contribution in [-0.4, -0.2) is 16.5 Å². The highest BCUT2D eigenvalue weighted by Crippen LogP contribution is 2.19. The summed E-state index contributed by atoms with van der Waals surface area (Å²) in [5, 5.41) is 6.18. The van der Waals surface area contributed by atoms with Gasteiger partial charge in [0.25, 0.3) is 0 Å². The minimum Gasteiger partial charge on any atom is -0.359 e. The predicted molar refractivity (Wildman–Crippen MR) is 76.8 cm³/mol. The Morgan fingerprint density at radius 2 is 2.06 bits per heavy atom. The number of terminal acetylenes is 1. The van der Waals surface area contributed by atoms with Crippen LogP contribution >= 0.6 is 15.9 Å². The van der Waals surface area contributed by atoms with Gasteiger partial charge in [-0.2, -0.15) is 0 Å². The summed E-state index contributed by atoms with van der Waals surface area (Å²) in [5.41, 5.74) is 0.950. The lowest BCUT2D eigenvalue weighted by atomic mass is 10.3. The summed E-state index contributed by atoms with van der Waals surface area (Å²) in [4.78, 5) is 8.21. The third-order valence-electron chi connectivity index (χ3n) is 2.14. The molecule has 1 aromatic heterocycles. The van der Waals surface area contributed by atoms with Crippen LogP contribution in [0.15, 0.2) is 41.1 Å². The van der Waals surface area contributed by atoms with E-state index in [9.17, 15) is 0 Å². The van der Waals surface area contributed by atoms with Crippen LogP contribution in [0.4, 0.5) is 17.3 Å². The van der Waals surface area contributed by atoms with Crippen molar-refractivity contribution in [2.24, 2.45) is 0 Å². The molecule has 5 heteroatoms. The van der Waals surface area contributed by atoms with Crippen LogP contribution in [0.1, 0.15) is 0 Å². The lowest BCUT2D eigenvalue weighted by molar-refractivity contribution is 1.15. The standard InChI is InChI=1S/C13H11BrN4/c1-2-6-15-12-8-13(17-9-16-12)18-11-5-3-4-10(14)7-11/h1,3-5,7-9H,6H2,(H2,15,16,17,18). The number of hydrogen-bond acceptors (Lipinski definition) is 4. The van der Waals surface area contributed by atoms with Gasteiger partial charge in [0.1, 0.15) is 18.0 Å². The summed E-state index contributed by atoms with van der Waals surface area (Å²) >= 11 is 3.42. The molecule has 0 bridgehead atoms. The van der Waals surface area contributed by atoms with E-state index in [0.29, 0.717) is 18.2 Å². The second kappa shape index (κ2) is 6.03. The van der Waals surface area contributed by atoms with Crippen molar-refractivity contribution >= 4 is 33.3 Å². The van der Waals surface area contributed by atoms with Crippen LogP contribution in [0.2, 0.25) is 0 Å². The fraction of sp³-hybridized carbons (Fsp3) is 0.0769. The Morgan fingerprint density at radius 3 is 2.83 bits per heavy atom. The van der Waals surface area contributed by atoms with Gasteiger partial charge in [-0.05, 0) is 18.2 Å². The Morgan fingerprint density at radius 1 is 1.22 bits per heavy atom. The maximum Gasteiger partial charge on any atom is 0.135 e. The van der Waals surface area contributed by atoms with Crippen molar-refractivity contribution in [3.63, 3.8) is 0 Å². The van der Waals surface area contributed by atoms with Gasteiger partial charge in [-0.1, -0.05) is 27.9 Å².